The molecule has 0 radical (unpaired) electrons. The Labute approximate surface area is 130 Å². The maximum Gasteiger partial charge on any atom is 0.119 e. The van der Waals surface area contributed by atoms with Gasteiger partial charge in [0.25, 0.3) is 0 Å². The summed E-state index contributed by atoms with van der Waals surface area (Å²) >= 11 is 0. The van der Waals surface area contributed by atoms with Gasteiger partial charge in [-0.25, -0.2) is 0 Å². The fourth-order valence-electron chi connectivity index (χ4n) is 3.28. The zero-order valence-electron chi connectivity index (χ0n) is 12.7. The van der Waals surface area contributed by atoms with Gasteiger partial charge in [-0.2, -0.15) is 0 Å². The second-order valence-corrected chi connectivity index (χ2v) is 5.74. The number of benzene rings is 3. The van der Waals surface area contributed by atoms with E-state index in [9.17, 15) is 0 Å². The average Bonchev–Trinajstić information content (AvgIpc) is 2.59. The molecule has 0 bridgehead atoms. The molecule has 0 saturated heterocycles. The lowest BCUT2D eigenvalue weighted by Crippen LogP contribution is -2.01. The van der Waals surface area contributed by atoms with Crippen LogP contribution in [-0.2, 0) is 6.42 Å². The minimum absolute atomic E-state index is 0.911. The third-order valence-corrected chi connectivity index (χ3v) is 4.41. The summed E-state index contributed by atoms with van der Waals surface area (Å²) in [5.41, 5.74) is 5.45. The van der Waals surface area contributed by atoms with Crippen molar-refractivity contribution < 1.29 is 4.74 Å². The van der Waals surface area contributed by atoms with Crippen molar-refractivity contribution in [2.24, 2.45) is 0 Å². The van der Waals surface area contributed by atoms with Crippen LogP contribution in [0.15, 0.2) is 66.7 Å². The zero-order chi connectivity index (χ0) is 14.9. The summed E-state index contributed by atoms with van der Waals surface area (Å²) in [6.07, 6.45) is 4.59. The van der Waals surface area contributed by atoms with Gasteiger partial charge in [0.2, 0.25) is 0 Å². The van der Waals surface area contributed by atoms with Crippen LogP contribution in [0, 0.1) is 0 Å². The lowest BCUT2D eigenvalue weighted by Gasteiger charge is -2.19. The first kappa shape index (κ1) is 13.1. The first-order chi connectivity index (χ1) is 10.8. The van der Waals surface area contributed by atoms with Crippen LogP contribution in [0.3, 0.4) is 0 Å². The molecule has 0 amide bonds. The van der Waals surface area contributed by atoms with Gasteiger partial charge in [-0.05, 0) is 64.1 Å². The molecule has 22 heavy (non-hydrogen) atoms. The summed E-state index contributed by atoms with van der Waals surface area (Å²) in [6.45, 7) is 0. The summed E-state index contributed by atoms with van der Waals surface area (Å²) in [6, 6.07) is 21.6. The Kier molecular flexibility index (Phi) is 3.19. The summed E-state index contributed by atoms with van der Waals surface area (Å²) in [7, 11) is 1.72. The van der Waals surface area contributed by atoms with Crippen LogP contribution in [0.4, 0.5) is 0 Å². The van der Waals surface area contributed by atoms with E-state index in [4.69, 9.17) is 4.74 Å². The lowest BCUT2D eigenvalue weighted by atomic mass is 9.85. The highest BCUT2D eigenvalue weighted by molar-refractivity contribution is 5.92. The number of hydrogen-bond acceptors (Lipinski definition) is 1. The van der Waals surface area contributed by atoms with E-state index in [1.165, 1.54) is 33.0 Å². The van der Waals surface area contributed by atoms with Crippen LogP contribution >= 0.6 is 0 Å². The minimum Gasteiger partial charge on any atom is -0.497 e. The lowest BCUT2D eigenvalue weighted by molar-refractivity contribution is 0.415. The predicted octanol–water partition coefficient (Wildman–Crippen LogP) is 5.23. The van der Waals surface area contributed by atoms with E-state index in [0.29, 0.717) is 0 Å². The number of fused-ring (bicyclic) bond motifs is 2. The molecule has 0 aliphatic heterocycles. The van der Waals surface area contributed by atoms with Gasteiger partial charge in [0, 0.05) is 0 Å². The van der Waals surface area contributed by atoms with Crippen molar-refractivity contribution in [1.29, 1.82) is 0 Å². The molecule has 0 spiro atoms. The molecule has 0 N–H and O–H groups in total. The van der Waals surface area contributed by atoms with Gasteiger partial charge in [0.1, 0.15) is 5.75 Å². The number of ether oxygens (including phenoxy) is 1. The second-order valence-electron chi connectivity index (χ2n) is 5.74. The van der Waals surface area contributed by atoms with Crippen molar-refractivity contribution in [3.05, 3.63) is 83.4 Å². The Bertz CT molecular complexity index is 860. The fraction of sp³-hybridized carbons (Fsp3) is 0.143. The molecule has 0 fully saturated rings. The van der Waals surface area contributed by atoms with Crippen LogP contribution in [0.1, 0.15) is 23.1 Å². The van der Waals surface area contributed by atoms with Crippen molar-refractivity contribution in [2.45, 2.75) is 12.8 Å². The van der Waals surface area contributed by atoms with Gasteiger partial charge in [0.15, 0.2) is 0 Å². The Morgan fingerprint density at radius 3 is 2.55 bits per heavy atom. The molecular weight excluding hydrogens is 268 g/mol. The van der Waals surface area contributed by atoms with E-state index in [1.807, 2.05) is 6.07 Å². The smallest absolute Gasteiger partial charge is 0.119 e. The standard InChI is InChI=1S/C21H18O/c1-22-19-11-10-16-12-17-8-5-9-20(15-6-3-2-4-7-15)21(17)14-18(16)13-19/h2-4,6-7,9-14H,5,8H2,1H3. The van der Waals surface area contributed by atoms with Crippen LogP contribution in [0.5, 0.6) is 5.75 Å². The third kappa shape index (κ3) is 2.19. The molecular formula is C21H18O. The van der Waals surface area contributed by atoms with E-state index < -0.39 is 0 Å². The molecule has 1 aliphatic carbocycles. The van der Waals surface area contributed by atoms with E-state index in [2.05, 4.69) is 60.7 Å². The maximum atomic E-state index is 5.36. The molecule has 0 saturated carbocycles. The fourth-order valence-corrected chi connectivity index (χ4v) is 3.28. The number of aryl methyl sites for hydroxylation is 1. The van der Waals surface area contributed by atoms with Gasteiger partial charge in [-0.1, -0.05) is 48.5 Å². The summed E-state index contributed by atoms with van der Waals surface area (Å²) in [5, 5.41) is 2.52. The molecule has 1 aliphatic rings. The van der Waals surface area contributed by atoms with Crippen LogP contribution in [0.2, 0.25) is 0 Å². The predicted molar refractivity (Wildman–Crippen MR) is 92.3 cm³/mol. The normalized spacial score (nSPS) is 13.6. The molecule has 0 atom stereocenters. The third-order valence-electron chi connectivity index (χ3n) is 4.41. The highest BCUT2D eigenvalue weighted by atomic mass is 16.5. The monoisotopic (exact) mass is 286 g/mol. The number of allylic oxidation sites excluding steroid dienone is 1. The quantitative estimate of drug-likeness (QED) is 0.627. The Balaban J connectivity index is 1.91. The molecule has 1 nitrogen and oxygen atoms in total. The summed E-state index contributed by atoms with van der Waals surface area (Å²) < 4.78 is 5.36. The number of methoxy groups -OCH3 is 1. The van der Waals surface area contributed by atoms with E-state index in [-0.39, 0.29) is 0 Å². The topological polar surface area (TPSA) is 9.23 Å². The van der Waals surface area contributed by atoms with E-state index in [1.54, 1.807) is 7.11 Å². The van der Waals surface area contributed by atoms with Crippen molar-refractivity contribution in [1.82, 2.24) is 0 Å². The number of rotatable bonds is 2. The summed E-state index contributed by atoms with van der Waals surface area (Å²) in [5.74, 6) is 0.911. The van der Waals surface area contributed by atoms with Crippen LogP contribution < -0.4 is 4.74 Å². The first-order valence-corrected chi connectivity index (χ1v) is 7.72. The van der Waals surface area contributed by atoms with Gasteiger partial charge in [-0.3, -0.25) is 0 Å². The molecule has 3 aromatic carbocycles. The van der Waals surface area contributed by atoms with Crippen molar-refractivity contribution in [3.8, 4) is 5.75 Å². The van der Waals surface area contributed by atoms with Crippen LogP contribution in [0.25, 0.3) is 16.3 Å². The van der Waals surface area contributed by atoms with Crippen LogP contribution in [-0.4, -0.2) is 7.11 Å². The van der Waals surface area contributed by atoms with E-state index >= 15 is 0 Å². The van der Waals surface area contributed by atoms with E-state index in [0.717, 1.165) is 18.6 Å². The zero-order valence-corrected chi connectivity index (χ0v) is 12.7. The van der Waals surface area contributed by atoms with Gasteiger partial charge in [0.05, 0.1) is 7.11 Å². The Morgan fingerprint density at radius 1 is 0.864 bits per heavy atom. The minimum atomic E-state index is 0.911. The molecule has 3 aromatic rings. The molecule has 0 heterocycles. The molecule has 1 heteroatoms. The van der Waals surface area contributed by atoms with Gasteiger partial charge >= 0.3 is 0 Å². The molecule has 0 unspecified atom stereocenters. The maximum absolute atomic E-state index is 5.36. The first-order valence-electron chi connectivity index (χ1n) is 7.72. The molecule has 4 rings (SSSR count). The Hall–Kier alpha value is -2.54. The van der Waals surface area contributed by atoms with Crippen molar-refractivity contribution in [2.75, 3.05) is 7.11 Å². The highest BCUT2D eigenvalue weighted by Crippen LogP contribution is 2.35. The molecule has 0 aromatic heterocycles. The molecule has 108 valence electrons. The SMILES string of the molecule is COc1ccc2cc3c(cc2c1)C(c1ccccc1)=CCC3. The number of hydrogen-bond donors (Lipinski definition) is 0. The highest BCUT2D eigenvalue weighted by Gasteiger charge is 2.15. The van der Waals surface area contributed by atoms with Gasteiger partial charge < -0.3 is 4.74 Å². The largest absolute Gasteiger partial charge is 0.497 e. The van der Waals surface area contributed by atoms with Crippen molar-refractivity contribution >= 4 is 16.3 Å². The Morgan fingerprint density at radius 2 is 1.73 bits per heavy atom. The second kappa shape index (κ2) is 5.34. The van der Waals surface area contributed by atoms with Gasteiger partial charge in [-0.15, -0.1) is 0 Å². The average molecular weight is 286 g/mol. The summed E-state index contributed by atoms with van der Waals surface area (Å²) in [4.78, 5) is 0. The van der Waals surface area contributed by atoms with Crippen molar-refractivity contribution in [3.63, 3.8) is 0 Å².